The molecular formula is C13H10F3N3O3S. The maximum Gasteiger partial charge on any atom is 0.433 e. The van der Waals surface area contributed by atoms with Crippen LogP contribution in [0.1, 0.15) is 21.9 Å². The van der Waals surface area contributed by atoms with E-state index in [2.05, 4.69) is 9.97 Å². The smallest absolute Gasteiger partial charge is 0.366 e. The number of aromatic nitrogens is 2. The highest BCUT2D eigenvalue weighted by molar-refractivity contribution is 7.71. The maximum absolute atomic E-state index is 12.9. The fraction of sp³-hybridized carbons (Fsp3) is 0.154. The lowest BCUT2D eigenvalue weighted by Gasteiger charge is -2.10. The van der Waals surface area contributed by atoms with Gasteiger partial charge in [0.05, 0.1) is 5.69 Å². The van der Waals surface area contributed by atoms with Crippen molar-refractivity contribution in [1.82, 2.24) is 9.97 Å². The Kier molecular flexibility index (Phi) is 4.64. The summed E-state index contributed by atoms with van der Waals surface area (Å²) in [5.41, 5.74) is 3.99. The zero-order valence-corrected chi connectivity index (χ0v) is 12.3. The molecule has 0 radical (unpaired) electrons. The van der Waals surface area contributed by atoms with Crippen molar-refractivity contribution in [2.45, 2.75) is 11.9 Å². The van der Waals surface area contributed by atoms with E-state index in [1.165, 1.54) is 24.3 Å². The predicted molar refractivity (Wildman–Crippen MR) is 75.0 cm³/mol. The Hall–Kier alpha value is -2.49. The van der Waals surface area contributed by atoms with Crippen molar-refractivity contribution < 1.29 is 26.4 Å². The van der Waals surface area contributed by atoms with Crippen LogP contribution < -0.4 is 5.73 Å². The second-order valence-corrected chi connectivity index (χ2v) is 5.47. The van der Waals surface area contributed by atoms with Crippen LogP contribution in [0.2, 0.25) is 0 Å². The van der Waals surface area contributed by atoms with Gasteiger partial charge in [0, 0.05) is 11.1 Å². The van der Waals surface area contributed by atoms with Gasteiger partial charge in [-0.1, -0.05) is 12.1 Å². The van der Waals surface area contributed by atoms with Gasteiger partial charge in [-0.2, -0.15) is 13.2 Å². The summed E-state index contributed by atoms with van der Waals surface area (Å²) in [6.07, 6.45) is -4.76. The van der Waals surface area contributed by atoms with Crippen LogP contribution in [-0.2, 0) is 22.6 Å². The molecule has 0 fully saturated rings. The number of nitrogens with zero attached hydrogens (tertiary/aromatic N) is 2. The van der Waals surface area contributed by atoms with E-state index in [0.717, 1.165) is 0 Å². The van der Waals surface area contributed by atoms with Crippen molar-refractivity contribution in [2.24, 2.45) is 5.73 Å². The van der Waals surface area contributed by atoms with Crippen molar-refractivity contribution in [3.05, 3.63) is 47.4 Å². The van der Waals surface area contributed by atoms with Gasteiger partial charge >= 0.3 is 6.18 Å². The van der Waals surface area contributed by atoms with E-state index in [4.69, 9.17) is 5.73 Å². The standard InChI is InChI=1S/C13H10F3N3O3S/c14-13(15,16)10-5-9(18-11(19-10)6-23(21)22)7-2-1-3-8(4-7)12(17)20/h1-5,23H,6H2,(H2,17,20). The lowest BCUT2D eigenvalue weighted by molar-refractivity contribution is -0.141. The average Bonchev–Trinajstić information content (AvgIpc) is 2.45. The molecule has 1 aromatic carbocycles. The van der Waals surface area contributed by atoms with Gasteiger partial charge in [0.1, 0.15) is 28.0 Å². The first-order valence-electron chi connectivity index (χ1n) is 6.14. The molecular weight excluding hydrogens is 335 g/mol. The molecule has 122 valence electrons. The Morgan fingerprint density at radius 2 is 1.87 bits per heavy atom. The molecule has 1 heterocycles. The molecule has 0 aliphatic carbocycles. The van der Waals surface area contributed by atoms with Crippen LogP contribution in [0.15, 0.2) is 30.3 Å². The zero-order valence-electron chi connectivity index (χ0n) is 11.4. The Bertz CT molecular complexity index is 827. The first-order chi connectivity index (χ1) is 10.7. The summed E-state index contributed by atoms with van der Waals surface area (Å²) in [7, 11) is -2.99. The topological polar surface area (TPSA) is 103 Å². The Morgan fingerprint density at radius 3 is 2.43 bits per heavy atom. The van der Waals surface area contributed by atoms with Crippen LogP contribution in [0.3, 0.4) is 0 Å². The fourth-order valence-corrected chi connectivity index (χ4v) is 2.18. The minimum Gasteiger partial charge on any atom is -0.366 e. The molecule has 0 aliphatic rings. The van der Waals surface area contributed by atoms with Crippen LogP contribution in [0.4, 0.5) is 13.2 Å². The monoisotopic (exact) mass is 345 g/mol. The van der Waals surface area contributed by atoms with Gasteiger partial charge in [0.2, 0.25) is 5.91 Å². The molecule has 0 atom stereocenters. The summed E-state index contributed by atoms with van der Waals surface area (Å²) in [5.74, 6) is -1.95. The van der Waals surface area contributed by atoms with E-state index in [0.29, 0.717) is 6.07 Å². The van der Waals surface area contributed by atoms with Gasteiger partial charge in [-0.05, 0) is 18.2 Å². The highest BCUT2D eigenvalue weighted by atomic mass is 32.2. The molecule has 23 heavy (non-hydrogen) atoms. The van der Waals surface area contributed by atoms with Crippen molar-refractivity contribution in [3.63, 3.8) is 0 Å². The fourth-order valence-electron chi connectivity index (χ4n) is 1.81. The highest BCUT2D eigenvalue weighted by Crippen LogP contribution is 2.30. The number of rotatable bonds is 4. The number of carbonyl (C=O) groups excluding carboxylic acids is 1. The third-order valence-corrected chi connectivity index (χ3v) is 3.32. The van der Waals surface area contributed by atoms with E-state index in [1.54, 1.807) is 0 Å². The quantitative estimate of drug-likeness (QED) is 0.815. The normalized spacial score (nSPS) is 11.7. The van der Waals surface area contributed by atoms with Crippen LogP contribution in [0, 0.1) is 0 Å². The molecule has 0 unspecified atom stereocenters. The SMILES string of the molecule is NC(=O)c1cccc(-c2cc(C(F)(F)F)nc(C[SH](=O)=O)n2)c1. The Balaban J connectivity index is 2.61. The number of amides is 1. The molecule has 1 aromatic heterocycles. The molecule has 1 amide bonds. The first-order valence-corrected chi connectivity index (χ1v) is 7.50. The average molecular weight is 345 g/mol. The molecule has 2 rings (SSSR count). The molecule has 0 saturated carbocycles. The largest absolute Gasteiger partial charge is 0.433 e. The predicted octanol–water partition coefficient (Wildman–Crippen LogP) is 1.37. The molecule has 2 aromatic rings. The van der Waals surface area contributed by atoms with Gasteiger partial charge in [-0.3, -0.25) is 4.79 Å². The summed E-state index contributed by atoms with van der Waals surface area (Å²) >= 11 is 0. The molecule has 0 bridgehead atoms. The van der Waals surface area contributed by atoms with Gasteiger partial charge in [-0.25, -0.2) is 18.4 Å². The molecule has 2 N–H and O–H groups in total. The van der Waals surface area contributed by atoms with Crippen molar-refractivity contribution in [2.75, 3.05) is 0 Å². The number of alkyl halides is 3. The number of hydrogen-bond donors (Lipinski definition) is 2. The van der Waals surface area contributed by atoms with Crippen LogP contribution >= 0.6 is 0 Å². The third kappa shape index (κ3) is 4.25. The van der Waals surface area contributed by atoms with Gasteiger partial charge in [0.15, 0.2) is 0 Å². The summed E-state index contributed by atoms with van der Waals surface area (Å²) in [5, 5.41) is 0. The number of halogens is 3. The van der Waals surface area contributed by atoms with Crippen molar-refractivity contribution >= 4 is 16.6 Å². The third-order valence-electron chi connectivity index (χ3n) is 2.78. The van der Waals surface area contributed by atoms with Crippen molar-refractivity contribution in [1.29, 1.82) is 0 Å². The summed E-state index contributed by atoms with van der Waals surface area (Å²) in [4.78, 5) is 18.2. The molecule has 0 spiro atoms. The van der Waals surface area contributed by atoms with E-state index in [-0.39, 0.29) is 16.8 Å². The number of thiol groups is 1. The lowest BCUT2D eigenvalue weighted by Crippen LogP contribution is -2.13. The Morgan fingerprint density at radius 1 is 1.17 bits per heavy atom. The summed E-state index contributed by atoms with van der Waals surface area (Å²) in [6.45, 7) is 0. The van der Waals surface area contributed by atoms with E-state index in [1.807, 2.05) is 0 Å². The molecule has 10 heteroatoms. The van der Waals surface area contributed by atoms with Gasteiger partial charge in [0.25, 0.3) is 0 Å². The van der Waals surface area contributed by atoms with Crippen LogP contribution in [0.5, 0.6) is 0 Å². The van der Waals surface area contributed by atoms with E-state index in [9.17, 15) is 26.4 Å². The summed E-state index contributed by atoms with van der Waals surface area (Å²) in [6, 6.07) is 6.20. The van der Waals surface area contributed by atoms with Gasteiger partial charge < -0.3 is 5.73 Å². The van der Waals surface area contributed by atoms with E-state index >= 15 is 0 Å². The summed E-state index contributed by atoms with van der Waals surface area (Å²) < 4.78 is 60.2. The maximum atomic E-state index is 12.9. The molecule has 0 aliphatic heterocycles. The van der Waals surface area contributed by atoms with Crippen molar-refractivity contribution in [3.8, 4) is 11.3 Å². The van der Waals surface area contributed by atoms with Gasteiger partial charge in [-0.15, -0.1) is 0 Å². The second kappa shape index (κ2) is 6.32. The minimum absolute atomic E-state index is 0.0890. The van der Waals surface area contributed by atoms with E-state index < -0.39 is 40.1 Å². The number of nitrogens with two attached hydrogens (primary N) is 1. The molecule has 6 nitrogen and oxygen atoms in total. The zero-order chi connectivity index (χ0) is 17.2. The Labute approximate surface area is 130 Å². The number of benzene rings is 1. The lowest BCUT2D eigenvalue weighted by atomic mass is 10.1. The minimum atomic E-state index is -4.76. The number of primary amides is 1. The first kappa shape index (κ1) is 16.9. The van der Waals surface area contributed by atoms with Crippen LogP contribution in [0.25, 0.3) is 11.3 Å². The molecule has 0 saturated heterocycles. The number of hydrogen-bond acceptors (Lipinski definition) is 5. The number of carbonyl (C=O) groups is 1. The highest BCUT2D eigenvalue weighted by Gasteiger charge is 2.33. The second-order valence-electron chi connectivity index (χ2n) is 4.49. The van der Waals surface area contributed by atoms with Crippen LogP contribution in [-0.4, -0.2) is 24.3 Å².